The summed E-state index contributed by atoms with van der Waals surface area (Å²) in [5.74, 6) is 2.91. The third-order valence-corrected chi connectivity index (χ3v) is 4.15. The van der Waals surface area contributed by atoms with Crippen LogP contribution in [0.5, 0.6) is 0 Å². The van der Waals surface area contributed by atoms with E-state index in [0.29, 0.717) is 12.0 Å². The van der Waals surface area contributed by atoms with Gasteiger partial charge < -0.3 is 5.73 Å². The lowest BCUT2D eigenvalue weighted by Gasteiger charge is -2.14. The summed E-state index contributed by atoms with van der Waals surface area (Å²) in [6.45, 7) is 0. The Balaban J connectivity index is 2.03. The molecule has 76 valence electrons. The number of halogens is 1. The normalized spacial score (nSPS) is 26.7. The molecule has 2 atom stereocenters. The number of thioether (sulfide) groups is 1. The van der Waals surface area contributed by atoms with Crippen LogP contribution >= 0.6 is 23.4 Å². The van der Waals surface area contributed by atoms with Crippen LogP contribution in [0.25, 0.3) is 0 Å². The quantitative estimate of drug-likeness (QED) is 0.841. The molecule has 1 saturated heterocycles. The molecule has 1 fully saturated rings. The van der Waals surface area contributed by atoms with Gasteiger partial charge in [0.05, 0.1) is 0 Å². The number of nitrogens with two attached hydrogens (primary N) is 1. The van der Waals surface area contributed by atoms with E-state index in [-0.39, 0.29) is 0 Å². The standard InChI is InChI=1S/C11H14ClNS/c12-10-3-1-2-8(5-10)4-9-6-14-7-11(9)13/h1-3,5,9,11H,4,6-7,13H2. The van der Waals surface area contributed by atoms with Gasteiger partial charge in [-0.05, 0) is 35.8 Å². The fourth-order valence-corrected chi connectivity index (χ4v) is 3.35. The van der Waals surface area contributed by atoms with E-state index < -0.39 is 0 Å². The van der Waals surface area contributed by atoms with Crippen LogP contribution in [0, 0.1) is 5.92 Å². The van der Waals surface area contributed by atoms with Gasteiger partial charge in [0, 0.05) is 16.8 Å². The lowest BCUT2D eigenvalue weighted by atomic mass is 9.96. The highest BCUT2D eigenvalue weighted by molar-refractivity contribution is 7.99. The summed E-state index contributed by atoms with van der Waals surface area (Å²) in [6, 6.07) is 8.44. The summed E-state index contributed by atoms with van der Waals surface area (Å²) in [7, 11) is 0. The highest BCUT2D eigenvalue weighted by atomic mass is 35.5. The van der Waals surface area contributed by atoms with Crippen molar-refractivity contribution < 1.29 is 0 Å². The van der Waals surface area contributed by atoms with E-state index in [4.69, 9.17) is 17.3 Å². The average molecular weight is 228 g/mol. The first-order valence-electron chi connectivity index (χ1n) is 4.83. The van der Waals surface area contributed by atoms with Crippen LogP contribution < -0.4 is 5.73 Å². The van der Waals surface area contributed by atoms with Gasteiger partial charge in [0.15, 0.2) is 0 Å². The maximum Gasteiger partial charge on any atom is 0.0408 e. The van der Waals surface area contributed by atoms with E-state index in [2.05, 4.69) is 6.07 Å². The average Bonchev–Trinajstić information content (AvgIpc) is 2.52. The Morgan fingerprint density at radius 2 is 2.29 bits per heavy atom. The molecule has 14 heavy (non-hydrogen) atoms. The monoisotopic (exact) mass is 227 g/mol. The fraction of sp³-hybridized carbons (Fsp3) is 0.455. The molecular weight excluding hydrogens is 214 g/mol. The van der Waals surface area contributed by atoms with Gasteiger partial charge in [0.2, 0.25) is 0 Å². The summed E-state index contributed by atoms with van der Waals surface area (Å²) in [5.41, 5.74) is 7.32. The van der Waals surface area contributed by atoms with E-state index >= 15 is 0 Å². The molecule has 1 aromatic carbocycles. The SMILES string of the molecule is NC1CSCC1Cc1cccc(Cl)c1. The van der Waals surface area contributed by atoms with E-state index in [1.54, 1.807) is 0 Å². The molecular formula is C11H14ClNS. The highest BCUT2D eigenvalue weighted by Gasteiger charge is 2.24. The molecule has 2 rings (SSSR count). The van der Waals surface area contributed by atoms with Gasteiger partial charge in [-0.2, -0.15) is 11.8 Å². The molecule has 1 nitrogen and oxygen atoms in total. The second-order valence-electron chi connectivity index (χ2n) is 3.80. The van der Waals surface area contributed by atoms with Gasteiger partial charge in [-0.25, -0.2) is 0 Å². The second kappa shape index (κ2) is 4.56. The Kier molecular flexibility index (Phi) is 3.37. The van der Waals surface area contributed by atoms with Crippen molar-refractivity contribution in [2.45, 2.75) is 12.5 Å². The van der Waals surface area contributed by atoms with Gasteiger partial charge >= 0.3 is 0 Å². The maximum atomic E-state index is 6.01. The summed E-state index contributed by atoms with van der Waals surface area (Å²) in [6.07, 6.45) is 1.06. The molecule has 0 radical (unpaired) electrons. The van der Waals surface area contributed by atoms with Gasteiger partial charge in [0.25, 0.3) is 0 Å². The van der Waals surface area contributed by atoms with Crippen molar-refractivity contribution in [2.75, 3.05) is 11.5 Å². The zero-order valence-electron chi connectivity index (χ0n) is 7.95. The molecule has 1 aliphatic rings. The molecule has 0 aromatic heterocycles. The Hall–Kier alpha value is -0.180. The lowest BCUT2D eigenvalue weighted by molar-refractivity contribution is 0.515. The molecule has 0 aliphatic carbocycles. The van der Waals surface area contributed by atoms with Gasteiger partial charge in [-0.3, -0.25) is 0 Å². The fourth-order valence-electron chi connectivity index (χ4n) is 1.79. The summed E-state index contributed by atoms with van der Waals surface area (Å²) < 4.78 is 0. The zero-order valence-corrected chi connectivity index (χ0v) is 9.52. The van der Waals surface area contributed by atoms with Crippen LogP contribution in [-0.2, 0) is 6.42 Å². The lowest BCUT2D eigenvalue weighted by Crippen LogP contribution is -2.29. The molecule has 1 aromatic rings. The molecule has 2 unspecified atom stereocenters. The van der Waals surface area contributed by atoms with Crippen molar-refractivity contribution in [3.8, 4) is 0 Å². The van der Waals surface area contributed by atoms with Crippen LogP contribution in [-0.4, -0.2) is 17.5 Å². The molecule has 0 spiro atoms. The number of rotatable bonds is 2. The molecule has 0 saturated carbocycles. The Morgan fingerprint density at radius 3 is 2.93 bits per heavy atom. The second-order valence-corrected chi connectivity index (χ2v) is 5.31. The minimum Gasteiger partial charge on any atom is -0.327 e. The summed E-state index contributed by atoms with van der Waals surface area (Å²) in [5, 5.41) is 0.821. The van der Waals surface area contributed by atoms with Crippen LogP contribution in [0.15, 0.2) is 24.3 Å². The van der Waals surface area contributed by atoms with Crippen LogP contribution in [0.3, 0.4) is 0 Å². The minimum absolute atomic E-state index is 0.360. The van der Waals surface area contributed by atoms with Crippen molar-refractivity contribution in [3.05, 3.63) is 34.9 Å². The van der Waals surface area contributed by atoms with E-state index in [9.17, 15) is 0 Å². The first-order valence-corrected chi connectivity index (χ1v) is 6.37. The minimum atomic E-state index is 0.360. The number of benzene rings is 1. The first kappa shape index (κ1) is 10.3. The predicted octanol–water partition coefficient (Wildman–Crippen LogP) is 2.57. The highest BCUT2D eigenvalue weighted by Crippen LogP contribution is 2.26. The number of hydrogen-bond donors (Lipinski definition) is 1. The predicted molar refractivity (Wildman–Crippen MR) is 63.9 cm³/mol. The zero-order chi connectivity index (χ0) is 9.97. The van der Waals surface area contributed by atoms with Gasteiger partial charge in [0.1, 0.15) is 0 Å². The summed E-state index contributed by atoms with van der Waals surface area (Å²) >= 11 is 7.89. The van der Waals surface area contributed by atoms with Crippen molar-refractivity contribution >= 4 is 23.4 Å². The van der Waals surface area contributed by atoms with E-state index in [0.717, 1.165) is 17.2 Å². The Bertz CT molecular complexity index is 316. The third kappa shape index (κ3) is 2.44. The summed E-state index contributed by atoms with van der Waals surface area (Å²) in [4.78, 5) is 0. The van der Waals surface area contributed by atoms with Crippen molar-refractivity contribution in [1.29, 1.82) is 0 Å². The van der Waals surface area contributed by atoms with Gasteiger partial charge in [-0.15, -0.1) is 0 Å². The van der Waals surface area contributed by atoms with Crippen LogP contribution in [0.1, 0.15) is 5.56 Å². The van der Waals surface area contributed by atoms with Crippen molar-refractivity contribution in [1.82, 2.24) is 0 Å². The van der Waals surface area contributed by atoms with E-state index in [1.165, 1.54) is 11.3 Å². The molecule has 0 amide bonds. The Labute approximate surface area is 94.0 Å². The molecule has 1 aliphatic heterocycles. The number of hydrogen-bond acceptors (Lipinski definition) is 2. The third-order valence-electron chi connectivity index (χ3n) is 2.63. The Morgan fingerprint density at radius 1 is 1.43 bits per heavy atom. The van der Waals surface area contributed by atoms with Gasteiger partial charge in [-0.1, -0.05) is 23.7 Å². The van der Waals surface area contributed by atoms with Crippen molar-refractivity contribution in [2.24, 2.45) is 11.7 Å². The van der Waals surface area contributed by atoms with E-state index in [1.807, 2.05) is 30.0 Å². The van der Waals surface area contributed by atoms with Crippen LogP contribution in [0.4, 0.5) is 0 Å². The maximum absolute atomic E-state index is 6.01. The topological polar surface area (TPSA) is 26.0 Å². The van der Waals surface area contributed by atoms with Crippen molar-refractivity contribution in [3.63, 3.8) is 0 Å². The smallest absolute Gasteiger partial charge is 0.0408 e. The largest absolute Gasteiger partial charge is 0.327 e. The van der Waals surface area contributed by atoms with Crippen LogP contribution in [0.2, 0.25) is 5.02 Å². The molecule has 1 heterocycles. The molecule has 0 bridgehead atoms. The first-order chi connectivity index (χ1) is 6.75. The molecule has 2 N–H and O–H groups in total. The molecule has 3 heteroatoms.